The van der Waals surface area contributed by atoms with Crippen molar-refractivity contribution in [1.82, 2.24) is 0 Å². The third-order valence-corrected chi connectivity index (χ3v) is 4.78. The maximum Gasteiger partial charge on any atom is 0.194 e. The van der Waals surface area contributed by atoms with Gasteiger partial charge in [0.2, 0.25) is 0 Å². The highest BCUT2D eigenvalue weighted by Crippen LogP contribution is 2.36. The van der Waals surface area contributed by atoms with Crippen LogP contribution in [0.4, 0.5) is 13.2 Å². The number of benzene rings is 1. The van der Waals surface area contributed by atoms with Crippen molar-refractivity contribution in [3.8, 4) is 0 Å². The van der Waals surface area contributed by atoms with Gasteiger partial charge < -0.3 is 18.9 Å². The molecule has 2 radical (unpaired) electrons. The fourth-order valence-corrected chi connectivity index (χ4v) is 3.20. The molecule has 0 bridgehead atoms. The summed E-state index contributed by atoms with van der Waals surface area (Å²) in [6.45, 7) is 3.22. The number of rotatable bonds is 14. The van der Waals surface area contributed by atoms with Crippen molar-refractivity contribution in [2.75, 3.05) is 46.2 Å². The molecule has 2 atom stereocenters. The number of ether oxygens (including phenoxy) is 4. The Morgan fingerprint density at radius 1 is 0.786 bits per heavy atom. The second-order valence-corrected chi connectivity index (χ2v) is 6.91. The first-order valence-electron chi connectivity index (χ1n) is 9.78. The zero-order chi connectivity index (χ0) is 20.2. The molecule has 2 unspecified atom stereocenters. The van der Waals surface area contributed by atoms with Gasteiger partial charge in [0.25, 0.3) is 0 Å². The summed E-state index contributed by atoms with van der Waals surface area (Å²) in [5.74, 6) is -3.00. The summed E-state index contributed by atoms with van der Waals surface area (Å²) in [6, 6.07) is 1.83. The highest BCUT2D eigenvalue weighted by Gasteiger charge is 2.22. The molecule has 1 fully saturated rings. The van der Waals surface area contributed by atoms with Gasteiger partial charge in [-0.05, 0) is 30.0 Å². The van der Waals surface area contributed by atoms with E-state index in [9.17, 15) is 13.2 Å². The molecule has 0 aromatic heterocycles. The van der Waals surface area contributed by atoms with Gasteiger partial charge >= 0.3 is 0 Å². The highest BCUT2D eigenvalue weighted by atomic mass is 19.2. The van der Waals surface area contributed by atoms with Gasteiger partial charge in [0, 0.05) is 6.61 Å². The van der Waals surface area contributed by atoms with E-state index >= 15 is 0 Å². The Bertz CT molecular complexity index is 553. The van der Waals surface area contributed by atoms with Crippen molar-refractivity contribution in [2.45, 2.75) is 38.1 Å². The zero-order valence-electron chi connectivity index (χ0n) is 16.1. The molecule has 8 heteroatoms. The van der Waals surface area contributed by atoms with E-state index in [1.54, 1.807) is 0 Å². The summed E-state index contributed by atoms with van der Waals surface area (Å²) >= 11 is 0. The lowest BCUT2D eigenvalue weighted by atomic mass is 9.78. The Morgan fingerprint density at radius 3 is 1.86 bits per heavy atom. The van der Waals surface area contributed by atoms with Gasteiger partial charge in [0.05, 0.1) is 54.1 Å². The van der Waals surface area contributed by atoms with Crippen molar-refractivity contribution in [2.24, 2.45) is 5.92 Å². The van der Waals surface area contributed by atoms with Gasteiger partial charge in [-0.15, -0.1) is 0 Å². The van der Waals surface area contributed by atoms with Gasteiger partial charge in [-0.2, -0.15) is 0 Å². The van der Waals surface area contributed by atoms with Crippen molar-refractivity contribution in [3.63, 3.8) is 0 Å². The minimum absolute atomic E-state index is 0.0168. The first-order valence-corrected chi connectivity index (χ1v) is 9.78. The molecule has 0 amide bonds. The van der Waals surface area contributed by atoms with E-state index < -0.39 is 17.5 Å². The van der Waals surface area contributed by atoms with Crippen LogP contribution in [-0.4, -0.2) is 54.1 Å². The molecule has 0 spiro atoms. The molecular formula is C20H28BF3O4. The lowest BCUT2D eigenvalue weighted by molar-refractivity contribution is -0.00517. The van der Waals surface area contributed by atoms with E-state index in [1.165, 1.54) is 12.8 Å². The Kier molecular flexibility index (Phi) is 10.9. The largest absolute Gasteiger partial charge is 0.379 e. The number of halogens is 3. The van der Waals surface area contributed by atoms with Crippen molar-refractivity contribution in [1.29, 1.82) is 0 Å². The summed E-state index contributed by atoms with van der Waals surface area (Å²) in [6.07, 6.45) is 4.58. The third-order valence-electron chi connectivity index (χ3n) is 4.78. The van der Waals surface area contributed by atoms with Crippen LogP contribution >= 0.6 is 0 Å². The van der Waals surface area contributed by atoms with Crippen molar-refractivity contribution >= 4 is 7.85 Å². The molecule has 0 aliphatic heterocycles. The monoisotopic (exact) mass is 400 g/mol. The Hall–Kier alpha value is -1.09. The topological polar surface area (TPSA) is 36.9 Å². The molecule has 28 heavy (non-hydrogen) atoms. The Balaban J connectivity index is 1.35. The molecule has 1 saturated carbocycles. The fraction of sp³-hybridized carbons (Fsp3) is 0.700. The molecule has 0 heterocycles. The third kappa shape index (κ3) is 8.51. The summed E-state index contributed by atoms with van der Waals surface area (Å²) in [5, 5.41) is 0. The fourth-order valence-electron chi connectivity index (χ4n) is 3.20. The van der Waals surface area contributed by atoms with Gasteiger partial charge in [-0.1, -0.05) is 25.1 Å². The SMILES string of the molecule is [B]C1CCCC1CCOCCOCCOCCOCc1cc(F)c(F)c(F)c1. The molecular weight excluding hydrogens is 372 g/mol. The van der Waals surface area contributed by atoms with E-state index in [1.807, 2.05) is 0 Å². The summed E-state index contributed by atoms with van der Waals surface area (Å²) in [7, 11) is 6.02. The first kappa shape index (κ1) is 23.2. The molecule has 1 aliphatic rings. The highest BCUT2D eigenvalue weighted by molar-refractivity contribution is 6.11. The molecule has 1 aliphatic carbocycles. The van der Waals surface area contributed by atoms with Crippen LogP contribution in [0.25, 0.3) is 0 Å². The summed E-state index contributed by atoms with van der Waals surface area (Å²) in [5.41, 5.74) is 0.231. The zero-order valence-corrected chi connectivity index (χ0v) is 16.1. The van der Waals surface area contributed by atoms with Gasteiger partial charge in [0.1, 0.15) is 0 Å². The van der Waals surface area contributed by atoms with Gasteiger partial charge in [0.15, 0.2) is 17.5 Å². The average molecular weight is 400 g/mol. The summed E-state index contributed by atoms with van der Waals surface area (Å²) in [4.78, 5) is 0. The molecule has 2 rings (SSSR count). The van der Waals surface area contributed by atoms with Crippen LogP contribution in [0.1, 0.15) is 31.2 Å². The Morgan fingerprint density at radius 2 is 1.32 bits per heavy atom. The van der Waals surface area contributed by atoms with Crippen LogP contribution in [0.3, 0.4) is 0 Å². The molecule has 0 N–H and O–H groups in total. The van der Waals surface area contributed by atoms with E-state index in [-0.39, 0.29) is 18.8 Å². The lowest BCUT2D eigenvalue weighted by Gasteiger charge is -2.15. The van der Waals surface area contributed by atoms with E-state index in [0.717, 1.165) is 31.6 Å². The van der Waals surface area contributed by atoms with Gasteiger partial charge in [-0.3, -0.25) is 0 Å². The normalized spacial score (nSPS) is 19.4. The van der Waals surface area contributed by atoms with Crippen LogP contribution in [0.15, 0.2) is 12.1 Å². The predicted octanol–water partition coefficient (Wildman–Crippen LogP) is 3.82. The molecule has 156 valence electrons. The second kappa shape index (κ2) is 13.2. The minimum atomic E-state index is -1.48. The van der Waals surface area contributed by atoms with Crippen molar-refractivity contribution in [3.05, 3.63) is 35.1 Å². The summed E-state index contributed by atoms with van der Waals surface area (Å²) < 4.78 is 60.5. The standard InChI is InChI=1S/C20H28BF3O4/c21-17-3-1-2-16(17)4-5-25-6-7-26-8-9-27-10-11-28-14-15-12-18(22)20(24)19(23)13-15/h12-13,16-17H,1-11,14H2. The van der Waals surface area contributed by atoms with Crippen LogP contribution in [0, 0.1) is 23.4 Å². The van der Waals surface area contributed by atoms with E-state index in [4.69, 9.17) is 26.8 Å². The minimum Gasteiger partial charge on any atom is -0.379 e. The van der Waals surface area contributed by atoms with Crippen LogP contribution in [0.5, 0.6) is 0 Å². The van der Waals surface area contributed by atoms with Crippen molar-refractivity contribution < 1.29 is 32.1 Å². The molecule has 1 aromatic carbocycles. The number of hydrogen-bond acceptors (Lipinski definition) is 4. The molecule has 1 aromatic rings. The smallest absolute Gasteiger partial charge is 0.194 e. The number of hydrogen-bond donors (Lipinski definition) is 0. The molecule has 0 saturated heterocycles. The van der Waals surface area contributed by atoms with Crippen LogP contribution in [0.2, 0.25) is 5.82 Å². The average Bonchev–Trinajstić information content (AvgIpc) is 3.08. The predicted molar refractivity (Wildman–Crippen MR) is 99.9 cm³/mol. The maximum atomic E-state index is 13.0. The maximum absolute atomic E-state index is 13.0. The van der Waals surface area contributed by atoms with Crippen LogP contribution in [-0.2, 0) is 25.6 Å². The van der Waals surface area contributed by atoms with Crippen LogP contribution < -0.4 is 0 Å². The van der Waals surface area contributed by atoms with E-state index in [0.29, 0.717) is 44.8 Å². The lowest BCUT2D eigenvalue weighted by Crippen LogP contribution is -2.13. The second-order valence-electron chi connectivity index (χ2n) is 6.91. The molecule has 4 nitrogen and oxygen atoms in total. The van der Waals surface area contributed by atoms with E-state index in [2.05, 4.69) is 0 Å². The quantitative estimate of drug-likeness (QED) is 0.270. The Labute approximate surface area is 166 Å². The first-order chi connectivity index (χ1) is 13.6. The van der Waals surface area contributed by atoms with Gasteiger partial charge in [-0.25, -0.2) is 13.2 Å².